The number of nitrogens with one attached hydrogen (secondary N) is 1. The number of nitrogens with zero attached hydrogens (tertiary/aromatic N) is 1. The largest absolute Gasteiger partial charge is 0.513 e. The van der Waals surface area contributed by atoms with Crippen LogP contribution in [0.4, 0.5) is 4.79 Å². The second-order valence-electron chi connectivity index (χ2n) is 6.94. The molecule has 0 aromatic heterocycles. The summed E-state index contributed by atoms with van der Waals surface area (Å²) >= 11 is 0. The molecule has 0 atom stereocenters. The molecule has 2 amide bonds. The van der Waals surface area contributed by atoms with Gasteiger partial charge in [-0.3, -0.25) is 9.59 Å². The molecular weight excluding hydrogens is 348 g/mol. The van der Waals surface area contributed by atoms with Gasteiger partial charge in [-0.05, 0) is 49.9 Å². The summed E-state index contributed by atoms with van der Waals surface area (Å²) < 4.78 is 9.67. The Labute approximate surface area is 160 Å². The smallest absolute Gasteiger partial charge is 0.434 e. The van der Waals surface area contributed by atoms with Gasteiger partial charge in [0.05, 0.1) is 6.61 Å². The topological polar surface area (TPSA) is 84.9 Å². The summed E-state index contributed by atoms with van der Waals surface area (Å²) in [6.07, 6.45) is 1.02. The molecule has 0 radical (unpaired) electrons. The predicted molar refractivity (Wildman–Crippen MR) is 101 cm³/mol. The molecule has 1 aromatic carbocycles. The Hall–Kier alpha value is -2.57. The van der Waals surface area contributed by atoms with Gasteiger partial charge in [-0.1, -0.05) is 13.8 Å². The lowest BCUT2D eigenvalue weighted by Gasteiger charge is -2.33. The number of hydrogen-bond acceptors (Lipinski definition) is 5. The highest BCUT2D eigenvalue weighted by Gasteiger charge is 2.24. The van der Waals surface area contributed by atoms with Crippen LogP contribution in [0.3, 0.4) is 0 Å². The van der Waals surface area contributed by atoms with Crippen LogP contribution in [0, 0.1) is 11.8 Å². The molecule has 148 valence electrons. The van der Waals surface area contributed by atoms with Gasteiger partial charge in [0.2, 0.25) is 5.91 Å². The fourth-order valence-corrected chi connectivity index (χ4v) is 2.98. The van der Waals surface area contributed by atoms with Crippen molar-refractivity contribution < 1.29 is 23.9 Å². The zero-order valence-corrected chi connectivity index (χ0v) is 16.2. The predicted octanol–water partition coefficient (Wildman–Crippen LogP) is 2.85. The van der Waals surface area contributed by atoms with Crippen LogP contribution in [0.15, 0.2) is 24.3 Å². The van der Waals surface area contributed by atoms with Gasteiger partial charge >= 0.3 is 6.16 Å². The van der Waals surface area contributed by atoms with E-state index in [1.165, 1.54) is 0 Å². The average molecular weight is 376 g/mol. The van der Waals surface area contributed by atoms with E-state index in [9.17, 15) is 14.4 Å². The summed E-state index contributed by atoms with van der Waals surface area (Å²) in [4.78, 5) is 37.5. The normalized spacial score (nSPS) is 14.7. The van der Waals surface area contributed by atoms with Crippen LogP contribution in [0.5, 0.6) is 5.75 Å². The molecule has 27 heavy (non-hydrogen) atoms. The molecule has 7 nitrogen and oxygen atoms in total. The van der Waals surface area contributed by atoms with Crippen LogP contribution in [-0.2, 0) is 9.53 Å². The SMILES string of the molecule is CCOC(=O)Oc1ccc(C(=O)NCC2CCN(C(=O)C(C)C)CC2)cc1. The molecule has 1 aliphatic heterocycles. The average Bonchev–Trinajstić information content (AvgIpc) is 2.66. The van der Waals surface area contributed by atoms with Crippen LogP contribution in [0.25, 0.3) is 0 Å². The van der Waals surface area contributed by atoms with Crippen LogP contribution >= 0.6 is 0 Å². The van der Waals surface area contributed by atoms with Crippen molar-refractivity contribution in [3.63, 3.8) is 0 Å². The number of rotatable bonds is 6. The minimum Gasteiger partial charge on any atom is -0.434 e. The van der Waals surface area contributed by atoms with E-state index in [4.69, 9.17) is 9.47 Å². The molecule has 1 aromatic rings. The Balaban J connectivity index is 1.76. The van der Waals surface area contributed by atoms with Crippen LogP contribution < -0.4 is 10.1 Å². The lowest BCUT2D eigenvalue weighted by atomic mass is 9.96. The first-order valence-electron chi connectivity index (χ1n) is 9.42. The van der Waals surface area contributed by atoms with Gasteiger partial charge < -0.3 is 19.7 Å². The summed E-state index contributed by atoms with van der Waals surface area (Å²) in [5.41, 5.74) is 0.499. The zero-order chi connectivity index (χ0) is 19.8. The molecule has 1 saturated heterocycles. The number of ether oxygens (including phenoxy) is 2. The molecule has 0 unspecified atom stereocenters. The molecule has 0 spiro atoms. The van der Waals surface area contributed by atoms with Crippen molar-refractivity contribution in [1.82, 2.24) is 10.2 Å². The molecule has 2 rings (SSSR count). The van der Waals surface area contributed by atoms with Crippen molar-refractivity contribution in [3.05, 3.63) is 29.8 Å². The summed E-state index contributed by atoms with van der Waals surface area (Å²) in [6, 6.07) is 6.32. The third-order valence-electron chi connectivity index (χ3n) is 4.55. The highest BCUT2D eigenvalue weighted by Crippen LogP contribution is 2.18. The van der Waals surface area contributed by atoms with Crippen molar-refractivity contribution in [2.45, 2.75) is 33.6 Å². The first kappa shape index (κ1) is 20.7. The molecule has 0 aliphatic carbocycles. The Kier molecular flexibility index (Phi) is 7.64. The third kappa shape index (κ3) is 6.27. The Morgan fingerprint density at radius 3 is 2.33 bits per heavy atom. The van der Waals surface area contributed by atoms with E-state index in [-0.39, 0.29) is 24.3 Å². The van der Waals surface area contributed by atoms with Gasteiger partial charge in [0.15, 0.2) is 0 Å². The quantitative estimate of drug-likeness (QED) is 0.610. The van der Waals surface area contributed by atoms with E-state index >= 15 is 0 Å². The summed E-state index contributed by atoms with van der Waals surface area (Å²) in [7, 11) is 0. The molecule has 7 heteroatoms. The van der Waals surface area contributed by atoms with Crippen molar-refractivity contribution in [1.29, 1.82) is 0 Å². The van der Waals surface area contributed by atoms with Crippen LogP contribution in [0.2, 0.25) is 0 Å². The maximum absolute atomic E-state index is 12.3. The number of hydrogen-bond donors (Lipinski definition) is 1. The number of benzene rings is 1. The fraction of sp³-hybridized carbons (Fsp3) is 0.550. The maximum atomic E-state index is 12.3. The fourth-order valence-electron chi connectivity index (χ4n) is 2.98. The maximum Gasteiger partial charge on any atom is 0.513 e. The van der Waals surface area contributed by atoms with Crippen LogP contribution in [-0.4, -0.2) is 49.1 Å². The Bertz CT molecular complexity index is 649. The zero-order valence-electron chi connectivity index (χ0n) is 16.2. The van der Waals surface area contributed by atoms with E-state index < -0.39 is 6.16 Å². The van der Waals surface area contributed by atoms with Gasteiger partial charge in [0.1, 0.15) is 5.75 Å². The van der Waals surface area contributed by atoms with Gasteiger partial charge in [-0.2, -0.15) is 0 Å². The highest BCUT2D eigenvalue weighted by molar-refractivity contribution is 5.94. The van der Waals surface area contributed by atoms with E-state index in [1.54, 1.807) is 31.2 Å². The molecule has 0 bridgehead atoms. The summed E-state index contributed by atoms with van der Waals surface area (Å²) in [5, 5.41) is 2.94. The Morgan fingerprint density at radius 2 is 1.78 bits per heavy atom. The highest BCUT2D eigenvalue weighted by atomic mass is 16.7. The standard InChI is InChI=1S/C20H28N2O5/c1-4-26-20(25)27-17-7-5-16(6-8-17)18(23)21-13-15-9-11-22(12-10-15)19(24)14(2)3/h5-8,14-15H,4,9-13H2,1-3H3,(H,21,23). The second-order valence-corrected chi connectivity index (χ2v) is 6.94. The van der Waals surface area contributed by atoms with Crippen molar-refractivity contribution >= 4 is 18.0 Å². The first-order chi connectivity index (χ1) is 12.9. The number of piperidine rings is 1. The third-order valence-corrected chi connectivity index (χ3v) is 4.55. The lowest BCUT2D eigenvalue weighted by molar-refractivity contribution is -0.135. The van der Waals surface area contributed by atoms with E-state index in [1.807, 2.05) is 18.7 Å². The molecule has 1 N–H and O–H groups in total. The summed E-state index contributed by atoms with van der Waals surface area (Å²) in [6.45, 7) is 7.85. The lowest BCUT2D eigenvalue weighted by Crippen LogP contribution is -2.43. The van der Waals surface area contributed by atoms with Crippen LogP contribution in [0.1, 0.15) is 44.0 Å². The molecule has 1 heterocycles. The van der Waals surface area contributed by atoms with Gasteiger partial charge in [0, 0.05) is 31.1 Å². The molecule has 1 aliphatic rings. The second kappa shape index (κ2) is 9.94. The van der Waals surface area contributed by atoms with Gasteiger partial charge in [-0.15, -0.1) is 0 Å². The number of carbonyl (C=O) groups excluding carboxylic acids is 3. The van der Waals surface area contributed by atoms with E-state index in [0.29, 0.717) is 23.8 Å². The van der Waals surface area contributed by atoms with Crippen molar-refractivity contribution in [2.75, 3.05) is 26.2 Å². The molecular formula is C20H28N2O5. The monoisotopic (exact) mass is 376 g/mol. The van der Waals surface area contributed by atoms with Gasteiger partial charge in [0.25, 0.3) is 5.91 Å². The number of likely N-dealkylation sites (tertiary alicyclic amines) is 1. The van der Waals surface area contributed by atoms with E-state index in [0.717, 1.165) is 25.9 Å². The Morgan fingerprint density at radius 1 is 1.15 bits per heavy atom. The molecule has 0 saturated carbocycles. The van der Waals surface area contributed by atoms with E-state index in [2.05, 4.69) is 5.32 Å². The minimum absolute atomic E-state index is 0.0250. The number of carbonyl (C=O) groups is 3. The minimum atomic E-state index is -0.767. The van der Waals surface area contributed by atoms with Crippen molar-refractivity contribution in [2.24, 2.45) is 11.8 Å². The van der Waals surface area contributed by atoms with Crippen molar-refractivity contribution in [3.8, 4) is 5.75 Å². The summed E-state index contributed by atoms with van der Waals surface area (Å²) in [5.74, 6) is 0.752. The number of amides is 2. The first-order valence-corrected chi connectivity index (χ1v) is 9.42. The molecule has 1 fully saturated rings. The van der Waals surface area contributed by atoms with Gasteiger partial charge in [-0.25, -0.2) is 4.79 Å².